The number of aldehydes is 1. The van der Waals surface area contributed by atoms with E-state index in [1.165, 1.54) is 4.90 Å². The van der Waals surface area contributed by atoms with E-state index in [-0.39, 0.29) is 0 Å². The van der Waals surface area contributed by atoms with Crippen LogP contribution in [0.1, 0.15) is 5.69 Å². The third-order valence-electron chi connectivity index (χ3n) is 3.16. The molecule has 0 N–H and O–H groups in total. The molecule has 5 heteroatoms. The molecular formula is C16H13N3O2. The molecule has 2 aromatic heterocycles. The van der Waals surface area contributed by atoms with Gasteiger partial charge in [-0.05, 0) is 31.2 Å². The third-order valence-corrected chi connectivity index (χ3v) is 3.16. The average molecular weight is 279 g/mol. The molecule has 0 aliphatic rings. The molecule has 0 fully saturated rings. The summed E-state index contributed by atoms with van der Waals surface area (Å²) >= 11 is 0. The van der Waals surface area contributed by atoms with Crippen LogP contribution in [0.3, 0.4) is 0 Å². The molecule has 0 bridgehead atoms. The normalized spacial score (nSPS) is 10.5. The molecule has 0 atom stereocenters. The zero-order valence-corrected chi connectivity index (χ0v) is 11.4. The Kier molecular flexibility index (Phi) is 3.23. The van der Waals surface area contributed by atoms with Crippen LogP contribution in [0.2, 0.25) is 0 Å². The summed E-state index contributed by atoms with van der Waals surface area (Å²) in [4.78, 5) is 28.9. The summed E-state index contributed by atoms with van der Waals surface area (Å²) < 4.78 is 1.83. The van der Waals surface area contributed by atoms with Crippen molar-refractivity contribution in [3.05, 3.63) is 60.6 Å². The van der Waals surface area contributed by atoms with E-state index in [4.69, 9.17) is 0 Å². The van der Waals surface area contributed by atoms with Crippen molar-refractivity contribution in [1.29, 1.82) is 0 Å². The fourth-order valence-electron chi connectivity index (χ4n) is 2.31. The zero-order valence-electron chi connectivity index (χ0n) is 11.4. The molecule has 104 valence electrons. The van der Waals surface area contributed by atoms with Crippen LogP contribution < -0.4 is 4.90 Å². The van der Waals surface area contributed by atoms with Gasteiger partial charge in [0.1, 0.15) is 0 Å². The van der Waals surface area contributed by atoms with Gasteiger partial charge in [-0.15, -0.1) is 0 Å². The molecule has 0 aliphatic carbocycles. The number of carbonyl (C=O) groups excluding carboxylic acids is 2. The van der Waals surface area contributed by atoms with Crippen molar-refractivity contribution in [1.82, 2.24) is 9.38 Å². The topological polar surface area (TPSA) is 54.7 Å². The number of carbonyl (C=O) groups is 2. The summed E-state index contributed by atoms with van der Waals surface area (Å²) in [5.74, 6) is -0.630. The Bertz CT molecular complexity index is 809. The maximum atomic E-state index is 12.1. The van der Waals surface area contributed by atoms with Gasteiger partial charge in [-0.25, -0.2) is 4.98 Å². The Morgan fingerprint density at radius 2 is 1.95 bits per heavy atom. The molecule has 0 saturated carbocycles. The highest BCUT2D eigenvalue weighted by Gasteiger charge is 2.20. The lowest BCUT2D eigenvalue weighted by Crippen LogP contribution is -2.27. The minimum absolute atomic E-state index is 0.312. The quantitative estimate of drug-likeness (QED) is 0.547. The molecule has 1 aromatic carbocycles. The minimum atomic E-state index is -0.630. The second kappa shape index (κ2) is 5.20. The number of pyridine rings is 1. The summed E-state index contributed by atoms with van der Waals surface area (Å²) in [6.07, 6.45) is 4.03. The van der Waals surface area contributed by atoms with Crippen molar-refractivity contribution in [3.63, 3.8) is 0 Å². The summed E-state index contributed by atoms with van der Waals surface area (Å²) in [5.41, 5.74) is 2.68. The number of imidazole rings is 1. The molecule has 0 aliphatic heterocycles. The van der Waals surface area contributed by atoms with E-state index in [2.05, 4.69) is 4.98 Å². The molecule has 3 aromatic rings. The molecule has 21 heavy (non-hydrogen) atoms. The van der Waals surface area contributed by atoms with Gasteiger partial charge in [-0.2, -0.15) is 0 Å². The van der Waals surface area contributed by atoms with E-state index in [1.807, 2.05) is 48.0 Å². The average Bonchev–Trinajstić information content (AvgIpc) is 2.89. The number of hydrogen-bond acceptors (Lipinski definition) is 3. The second-order valence-corrected chi connectivity index (χ2v) is 4.63. The van der Waals surface area contributed by atoms with Crippen LogP contribution in [0.5, 0.6) is 0 Å². The lowest BCUT2D eigenvalue weighted by molar-refractivity contribution is -0.129. The molecule has 0 radical (unpaired) electrons. The van der Waals surface area contributed by atoms with Gasteiger partial charge in [0.05, 0.1) is 11.4 Å². The number of nitrogens with zero attached hydrogens (tertiary/aromatic N) is 3. The molecule has 1 amide bonds. The first-order valence-corrected chi connectivity index (χ1v) is 6.49. The number of rotatable bonds is 3. The van der Waals surface area contributed by atoms with Crippen LogP contribution in [0.15, 0.2) is 54.9 Å². The largest absolute Gasteiger partial charge is 0.305 e. The number of para-hydroxylation sites is 1. The fraction of sp³-hybridized carbons (Fsp3) is 0.0625. The van der Waals surface area contributed by atoms with Gasteiger partial charge in [0.25, 0.3) is 5.91 Å². The fourth-order valence-corrected chi connectivity index (χ4v) is 2.31. The number of aromatic nitrogens is 2. The minimum Gasteiger partial charge on any atom is -0.305 e. The van der Waals surface area contributed by atoms with Crippen LogP contribution >= 0.6 is 0 Å². The number of hydrogen-bond donors (Lipinski definition) is 0. The second-order valence-electron chi connectivity index (χ2n) is 4.63. The van der Waals surface area contributed by atoms with Crippen LogP contribution in [-0.2, 0) is 9.59 Å². The van der Waals surface area contributed by atoms with Gasteiger partial charge in [0.2, 0.25) is 6.29 Å². The molecule has 0 spiro atoms. The molecule has 2 heterocycles. The van der Waals surface area contributed by atoms with Crippen molar-refractivity contribution in [2.45, 2.75) is 6.92 Å². The highest BCUT2D eigenvalue weighted by molar-refractivity contribution is 6.33. The smallest absolute Gasteiger partial charge is 0.295 e. The maximum absolute atomic E-state index is 12.1. The van der Waals surface area contributed by atoms with Crippen molar-refractivity contribution >= 4 is 29.2 Å². The summed E-state index contributed by atoms with van der Waals surface area (Å²) in [6, 6.07) is 12.6. The van der Waals surface area contributed by atoms with Crippen LogP contribution in [0.25, 0.3) is 5.65 Å². The van der Waals surface area contributed by atoms with E-state index < -0.39 is 5.91 Å². The van der Waals surface area contributed by atoms with Crippen molar-refractivity contribution < 1.29 is 9.59 Å². The SMILES string of the molecule is Cc1cn2cccc(N(C(=O)C=O)c3ccccc3)c2n1. The van der Waals surface area contributed by atoms with Gasteiger partial charge in [-0.1, -0.05) is 18.2 Å². The maximum Gasteiger partial charge on any atom is 0.295 e. The monoisotopic (exact) mass is 279 g/mol. The van der Waals surface area contributed by atoms with E-state index in [9.17, 15) is 9.59 Å². The molecule has 0 saturated heterocycles. The Labute approximate surface area is 121 Å². The number of aryl methyl sites for hydroxylation is 1. The van der Waals surface area contributed by atoms with Gasteiger partial charge in [0.15, 0.2) is 5.65 Å². The Morgan fingerprint density at radius 1 is 1.19 bits per heavy atom. The summed E-state index contributed by atoms with van der Waals surface area (Å²) in [5, 5.41) is 0. The first-order chi connectivity index (χ1) is 10.2. The highest BCUT2D eigenvalue weighted by Crippen LogP contribution is 2.28. The van der Waals surface area contributed by atoms with E-state index in [0.717, 1.165) is 5.69 Å². The number of anilines is 2. The molecule has 5 nitrogen and oxygen atoms in total. The van der Waals surface area contributed by atoms with Gasteiger partial charge in [0, 0.05) is 18.1 Å². The first-order valence-electron chi connectivity index (χ1n) is 6.49. The first kappa shape index (κ1) is 13.1. The predicted molar refractivity (Wildman–Crippen MR) is 79.6 cm³/mol. The van der Waals surface area contributed by atoms with E-state index in [0.29, 0.717) is 23.3 Å². The lowest BCUT2D eigenvalue weighted by Gasteiger charge is -2.20. The van der Waals surface area contributed by atoms with Gasteiger partial charge >= 0.3 is 0 Å². The predicted octanol–water partition coefficient (Wildman–Crippen LogP) is 2.51. The molecular weight excluding hydrogens is 266 g/mol. The summed E-state index contributed by atoms with van der Waals surface area (Å²) in [7, 11) is 0. The number of fused-ring (bicyclic) bond motifs is 1. The molecule has 3 rings (SSSR count). The Hall–Kier alpha value is -2.95. The lowest BCUT2D eigenvalue weighted by atomic mass is 10.2. The van der Waals surface area contributed by atoms with E-state index >= 15 is 0 Å². The van der Waals surface area contributed by atoms with Gasteiger partial charge in [-0.3, -0.25) is 14.5 Å². The van der Waals surface area contributed by atoms with E-state index in [1.54, 1.807) is 18.2 Å². The highest BCUT2D eigenvalue weighted by atomic mass is 16.2. The standard InChI is InChI=1S/C16H13N3O2/c1-12-10-18-9-5-8-14(16(18)17-12)19(15(21)11-20)13-6-3-2-4-7-13/h2-11H,1H3. The van der Waals surface area contributed by atoms with Crippen LogP contribution in [0, 0.1) is 6.92 Å². The zero-order chi connectivity index (χ0) is 14.8. The van der Waals surface area contributed by atoms with Crippen molar-refractivity contribution in [2.24, 2.45) is 0 Å². The number of benzene rings is 1. The van der Waals surface area contributed by atoms with Gasteiger partial charge < -0.3 is 4.40 Å². The van der Waals surface area contributed by atoms with Crippen molar-refractivity contribution in [3.8, 4) is 0 Å². The van der Waals surface area contributed by atoms with Crippen molar-refractivity contribution in [2.75, 3.05) is 4.90 Å². The van der Waals surface area contributed by atoms with Crippen LogP contribution in [-0.4, -0.2) is 21.6 Å². The third kappa shape index (κ3) is 2.29. The summed E-state index contributed by atoms with van der Waals surface area (Å²) in [6.45, 7) is 1.88. The molecule has 0 unspecified atom stereocenters. The Morgan fingerprint density at radius 3 is 2.67 bits per heavy atom. The van der Waals surface area contributed by atoms with Crippen LogP contribution in [0.4, 0.5) is 11.4 Å². The number of amides is 1. The Balaban J connectivity index is 2.24.